The van der Waals surface area contributed by atoms with Crippen LogP contribution in [0.25, 0.3) is 0 Å². The lowest BCUT2D eigenvalue weighted by molar-refractivity contribution is -0.671. The van der Waals surface area contributed by atoms with Gasteiger partial charge in [-0.2, -0.15) is 0 Å². The largest absolute Gasteiger partial charge is 0.737 e. The number of carbonyl (C=O) groups excluding carboxylic acids is 1. The number of hydrogen-bond donors (Lipinski definition) is 0. The zero-order valence-electron chi connectivity index (χ0n) is 9.69. The Morgan fingerprint density at radius 3 is 2.33 bits per heavy atom. The molecule has 0 N–H and O–H groups in total. The van der Waals surface area contributed by atoms with Crippen LogP contribution in [0.5, 0.6) is 0 Å². The Morgan fingerprint density at radius 1 is 1.47 bits per heavy atom. The van der Waals surface area contributed by atoms with Crippen LogP contribution in [0.15, 0.2) is 5.28 Å². The molecule has 88 valence electrons. The second-order valence-electron chi connectivity index (χ2n) is 4.59. The van der Waals surface area contributed by atoms with Gasteiger partial charge in [-0.1, -0.05) is 32.7 Å². The lowest BCUT2D eigenvalue weighted by Gasteiger charge is -2.22. The van der Waals surface area contributed by atoms with Crippen molar-refractivity contribution < 1.29 is 9.76 Å². The van der Waals surface area contributed by atoms with E-state index in [0.717, 1.165) is 5.01 Å². The average Bonchev–Trinajstić information content (AvgIpc) is 2.10. The quantitative estimate of drug-likeness (QED) is 0.409. The van der Waals surface area contributed by atoms with Crippen molar-refractivity contribution in [2.75, 3.05) is 6.54 Å². The maximum absolute atomic E-state index is 11.6. The Hall–Kier alpha value is -1.33. The molecule has 0 aromatic carbocycles. The second-order valence-corrected chi connectivity index (χ2v) is 4.59. The Bertz CT molecular complexity index is 245. The van der Waals surface area contributed by atoms with Gasteiger partial charge in [0.2, 0.25) is 0 Å². The van der Waals surface area contributed by atoms with E-state index in [2.05, 4.69) is 5.28 Å². The Morgan fingerprint density at radius 2 is 2.00 bits per heavy atom. The molecule has 0 saturated heterocycles. The highest BCUT2D eigenvalue weighted by Gasteiger charge is 2.25. The van der Waals surface area contributed by atoms with Crippen molar-refractivity contribution >= 4 is 5.91 Å². The molecule has 6 nitrogen and oxygen atoms in total. The zero-order valence-corrected chi connectivity index (χ0v) is 9.69. The molecule has 15 heavy (non-hydrogen) atoms. The van der Waals surface area contributed by atoms with E-state index in [-0.39, 0.29) is 29.3 Å². The van der Waals surface area contributed by atoms with Crippen LogP contribution in [0.4, 0.5) is 0 Å². The average molecular weight is 216 g/mol. The fraction of sp³-hybridized carbons (Fsp3) is 0.889. The molecule has 0 spiro atoms. The fourth-order valence-electron chi connectivity index (χ4n) is 1.11. The van der Waals surface area contributed by atoms with E-state index in [1.807, 2.05) is 27.7 Å². The summed E-state index contributed by atoms with van der Waals surface area (Å²) in [5, 5.41) is 24.1. The summed E-state index contributed by atoms with van der Waals surface area (Å²) < 4.78 is 0. The molecule has 0 unspecified atom stereocenters. The van der Waals surface area contributed by atoms with E-state index in [1.54, 1.807) is 0 Å². The van der Waals surface area contributed by atoms with Crippen LogP contribution in [-0.2, 0) is 4.79 Å². The minimum Gasteiger partial charge on any atom is -0.737 e. The minimum absolute atomic E-state index is 0.183. The van der Waals surface area contributed by atoms with Gasteiger partial charge in [-0.3, -0.25) is 4.79 Å². The van der Waals surface area contributed by atoms with Crippen LogP contribution in [-0.4, -0.2) is 22.4 Å². The number of hydrazine groups is 1. The monoisotopic (exact) mass is 216 g/mol. The topological polar surface area (TPSA) is 81.8 Å². The van der Waals surface area contributed by atoms with Gasteiger partial charge in [-0.05, 0) is 17.1 Å². The van der Waals surface area contributed by atoms with Gasteiger partial charge in [-0.25, -0.2) is 0 Å². The second kappa shape index (κ2) is 5.53. The van der Waals surface area contributed by atoms with Crippen molar-refractivity contribution in [3.63, 3.8) is 0 Å². The third kappa shape index (κ3) is 5.19. The van der Waals surface area contributed by atoms with Gasteiger partial charge in [0.15, 0.2) is 0 Å². The van der Waals surface area contributed by atoms with E-state index < -0.39 is 0 Å². The van der Waals surface area contributed by atoms with Crippen LogP contribution in [0.3, 0.4) is 0 Å². The van der Waals surface area contributed by atoms with Crippen LogP contribution in [0.2, 0.25) is 0 Å². The first-order valence-electron chi connectivity index (χ1n) is 4.92. The molecule has 0 atom stereocenters. The lowest BCUT2D eigenvalue weighted by atomic mass is 9.92. The predicted octanol–water partition coefficient (Wildman–Crippen LogP) is 2.04. The summed E-state index contributed by atoms with van der Waals surface area (Å²) in [4.78, 5) is 11.5. The maximum Gasteiger partial charge on any atom is 0.281 e. The summed E-state index contributed by atoms with van der Waals surface area (Å²) in [6.07, 6.45) is 0.811. The SMILES string of the molecule is CCCN(C(=O)CC(C)(C)C)/[N+]([O-])=N\[O-]. The van der Waals surface area contributed by atoms with Gasteiger partial charge >= 0.3 is 0 Å². The molecule has 1 amide bonds. The predicted molar refractivity (Wildman–Crippen MR) is 55.5 cm³/mol. The van der Waals surface area contributed by atoms with Gasteiger partial charge in [0.1, 0.15) is 0 Å². The molecule has 0 heterocycles. The number of hydrogen-bond acceptors (Lipinski definition) is 4. The van der Waals surface area contributed by atoms with Crippen molar-refractivity contribution in [2.24, 2.45) is 10.7 Å². The third-order valence-corrected chi connectivity index (χ3v) is 1.68. The molecule has 0 saturated carbocycles. The molecular weight excluding hydrogens is 198 g/mol. The van der Waals surface area contributed by atoms with E-state index in [0.29, 0.717) is 6.42 Å². The van der Waals surface area contributed by atoms with Crippen LogP contribution in [0, 0.1) is 15.8 Å². The molecule has 0 aliphatic carbocycles. The van der Waals surface area contributed by atoms with E-state index in [4.69, 9.17) is 0 Å². The Labute approximate surface area is 89.7 Å². The van der Waals surface area contributed by atoms with Crippen LogP contribution >= 0.6 is 0 Å². The third-order valence-electron chi connectivity index (χ3n) is 1.68. The summed E-state index contributed by atoms with van der Waals surface area (Å²) in [6, 6.07) is 0. The van der Waals surface area contributed by atoms with Gasteiger partial charge in [0, 0.05) is 11.4 Å². The van der Waals surface area contributed by atoms with Crippen LogP contribution < -0.4 is 0 Å². The standard InChI is InChI=1S/C9H19N3O3/c1-5-6-11(12(15)10-14)8(13)7-9(2,3)4/h14H,5-7H2,1-4H3/p-1/b12-10+. The van der Waals surface area contributed by atoms with E-state index >= 15 is 0 Å². The van der Waals surface area contributed by atoms with Gasteiger partial charge in [-0.15, -0.1) is 0 Å². The van der Waals surface area contributed by atoms with Crippen molar-refractivity contribution in [3.05, 3.63) is 10.4 Å². The first-order valence-corrected chi connectivity index (χ1v) is 4.92. The minimum atomic E-state index is -0.376. The van der Waals surface area contributed by atoms with Crippen LogP contribution in [0.1, 0.15) is 40.5 Å². The maximum atomic E-state index is 11.6. The Kier molecular flexibility index (Phi) is 5.04. The summed E-state index contributed by atoms with van der Waals surface area (Å²) in [5.74, 6) is -0.376. The summed E-state index contributed by atoms with van der Waals surface area (Å²) in [5.41, 5.74) is -0.215. The number of rotatable bonds is 4. The highest BCUT2D eigenvalue weighted by atomic mass is 16.6. The molecule has 0 rings (SSSR count). The summed E-state index contributed by atoms with van der Waals surface area (Å²) >= 11 is 0. The molecular formula is C9H18N3O3-. The molecule has 0 radical (unpaired) electrons. The van der Waals surface area contributed by atoms with E-state index in [1.165, 1.54) is 0 Å². The molecule has 0 fully saturated rings. The Balaban J connectivity index is 4.57. The smallest absolute Gasteiger partial charge is 0.281 e. The van der Waals surface area contributed by atoms with Gasteiger partial charge in [0.25, 0.3) is 5.91 Å². The van der Waals surface area contributed by atoms with Gasteiger partial charge in [0.05, 0.1) is 6.54 Å². The molecule has 0 aromatic heterocycles. The molecule has 0 aliphatic heterocycles. The van der Waals surface area contributed by atoms with Gasteiger partial charge < -0.3 is 10.4 Å². The summed E-state index contributed by atoms with van der Waals surface area (Å²) in [6.45, 7) is 7.69. The molecule has 0 bridgehead atoms. The highest BCUT2D eigenvalue weighted by Crippen LogP contribution is 2.19. The number of nitrogens with zero attached hydrogens (tertiary/aromatic N) is 3. The normalized spacial score (nSPS) is 12.7. The summed E-state index contributed by atoms with van der Waals surface area (Å²) in [7, 11) is 0. The van der Waals surface area contributed by atoms with Crippen molar-refractivity contribution in [1.82, 2.24) is 5.01 Å². The molecule has 6 heteroatoms. The number of amides is 1. The molecule has 0 aliphatic rings. The van der Waals surface area contributed by atoms with Crippen molar-refractivity contribution in [1.29, 1.82) is 0 Å². The highest BCUT2D eigenvalue weighted by molar-refractivity contribution is 5.75. The van der Waals surface area contributed by atoms with Crippen molar-refractivity contribution in [3.8, 4) is 0 Å². The zero-order chi connectivity index (χ0) is 12.1. The first-order chi connectivity index (χ1) is 6.81. The lowest BCUT2D eigenvalue weighted by Crippen LogP contribution is -2.39. The van der Waals surface area contributed by atoms with Crippen molar-refractivity contribution in [2.45, 2.75) is 40.5 Å². The van der Waals surface area contributed by atoms with E-state index in [9.17, 15) is 15.2 Å². The first kappa shape index (κ1) is 13.7. The molecule has 0 aromatic rings. The fourth-order valence-corrected chi connectivity index (χ4v) is 1.11. The number of carbonyl (C=O) groups is 1.